The van der Waals surface area contributed by atoms with Gasteiger partial charge in [0, 0.05) is 6.54 Å². The van der Waals surface area contributed by atoms with Crippen molar-refractivity contribution in [1.82, 2.24) is 10.2 Å². The van der Waals surface area contributed by atoms with E-state index in [0.29, 0.717) is 12.5 Å². The summed E-state index contributed by atoms with van der Waals surface area (Å²) in [5.41, 5.74) is 5.15. The average Bonchev–Trinajstić information content (AvgIpc) is 2.66. The van der Waals surface area contributed by atoms with Gasteiger partial charge in [-0.25, -0.2) is 0 Å². The van der Waals surface area contributed by atoms with Crippen LogP contribution in [0.3, 0.4) is 0 Å². The van der Waals surface area contributed by atoms with Crippen molar-refractivity contribution in [1.29, 1.82) is 0 Å². The number of amides is 2. The maximum Gasteiger partial charge on any atom is 0.240 e. The number of hydrogen-bond donors (Lipinski definition) is 2. The Morgan fingerprint density at radius 3 is 2.62 bits per heavy atom. The lowest BCUT2D eigenvalue weighted by atomic mass is 10.1. The number of nitrogens with two attached hydrogens (primary N) is 1. The SMILES string of the molecule is CC(C)CN(CC(N)=O)C(=O)C1CCCN1. The Morgan fingerprint density at radius 2 is 2.19 bits per heavy atom. The molecule has 1 fully saturated rings. The molecule has 1 rings (SSSR count). The van der Waals surface area contributed by atoms with Crippen molar-refractivity contribution in [3.63, 3.8) is 0 Å². The molecular weight excluding hydrogens is 206 g/mol. The molecule has 0 bridgehead atoms. The first-order valence-corrected chi connectivity index (χ1v) is 5.81. The van der Waals surface area contributed by atoms with Crippen LogP contribution in [0.5, 0.6) is 0 Å². The minimum absolute atomic E-state index is 0.00463. The minimum atomic E-state index is -0.452. The van der Waals surface area contributed by atoms with E-state index in [1.807, 2.05) is 13.8 Å². The van der Waals surface area contributed by atoms with E-state index in [1.54, 1.807) is 4.90 Å². The van der Waals surface area contributed by atoms with Crippen LogP contribution in [0.4, 0.5) is 0 Å². The second-order valence-corrected chi connectivity index (χ2v) is 4.73. The quantitative estimate of drug-likeness (QED) is 0.677. The molecule has 1 aliphatic heterocycles. The average molecular weight is 227 g/mol. The maximum absolute atomic E-state index is 12.1. The smallest absolute Gasteiger partial charge is 0.240 e. The van der Waals surface area contributed by atoms with Crippen molar-refractivity contribution in [2.75, 3.05) is 19.6 Å². The summed E-state index contributed by atoms with van der Waals surface area (Å²) in [5.74, 6) is -0.110. The molecule has 3 N–H and O–H groups in total. The Morgan fingerprint density at radius 1 is 1.50 bits per heavy atom. The van der Waals surface area contributed by atoms with E-state index in [-0.39, 0.29) is 18.5 Å². The molecule has 5 nitrogen and oxygen atoms in total. The fraction of sp³-hybridized carbons (Fsp3) is 0.818. The molecule has 0 spiro atoms. The highest BCUT2D eigenvalue weighted by Crippen LogP contribution is 2.10. The highest BCUT2D eigenvalue weighted by Gasteiger charge is 2.27. The molecule has 16 heavy (non-hydrogen) atoms. The number of primary amides is 1. The van der Waals surface area contributed by atoms with Crippen LogP contribution in [0.25, 0.3) is 0 Å². The van der Waals surface area contributed by atoms with Crippen molar-refractivity contribution in [2.24, 2.45) is 11.7 Å². The van der Waals surface area contributed by atoms with Gasteiger partial charge in [0.15, 0.2) is 0 Å². The lowest BCUT2D eigenvalue weighted by Crippen LogP contribution is -2.48. The summed E-state index contributed by atoms with van der Waals surface area (Å²) in [6.45, 7) is 5.52. The Bertz CT molecular complexity index is 260. The molecule has 1 unspecified atom stereocenters. The molecule has 92 valence electrons. The summed E-state index contributed by atoms with van der Waals surface area (Å²) in [4.78, 5) is 24.6. The van der Waals surface area contributed by atoms with Gasteiger partial charge in [-0.2, -0.15) is 0 Å². The van der Waals surface area contributed by atoms with E-state index in [9.17, 15) is 9.59 Å². The number of nitrogens with one attached hydrogen (secondary N) is 1. The zero-order valence-electron chi connectivity index (χ0n) is 10.0. The third-order valence-electron chi connectivity index (χ3n) is 2.60. The predicted molar refractivity (Wildman–Crippen MR) is 61.6 cm³/mol. The molecule has 0 aliphatic carbocycles. The van der Waals surface area contributed by atoms with E-state index in [0.717, 1.165) is 19.4 Å². The fourth-order valence-electron chi connectivity index (χ4n) is 1.98. The molecule has 1 saturated heterocycles. The van der Waals surface area contributed by atoms with Crippen molar-refractivity contribution in [3.05, 3.63) is 0 Å². The minimum Gasteiger partial charge on any atom is -0.368 e. The lowest BCUT2D eigenvalue weighted by molar-refractivity contribution is -0.137. The van der Waals surface area contributed by atoms with Crippen LogP contribution in [0.1, 0.15) is 26.7 Å². The topological polar surface area (TPSA) is 75.4 Å². The molecular formula is C11H21N3O2. The van der Waals surface area contributed by atoms with Crippen molar-refractivity contribution in [2.45, 2.75) is 32.7 Å². The van der Waals surface area contributed by atoms with Gasteiger partial charge < -0.3 is 16.0 Å². The van der Waals surface area contributed by atoms with Crippen LogP contribution in [-0.4, -0.2) is 42.4 Å². The van der Waals surface area contributed by atoms with Crippen LogP contribution in [0, 0.1) is 5.92 Å². The van der Waals surface area contributed by atoms with Gasteiger partial charge in [-0.05, 0) is 25.3 Å². The van der Waals surface area contributed by atoms with Crippen LogP contribution < -0.4 is 11.1 Å². The standard InChI is InChI=1S/C11H21N3O2/c1-8(2)6-14(7-10(12)15)11(16)9-4-3-5-13-9/h8-9,13H,3-7H2,1-2H3,(H2,12,15). The van der Waals surface area contributed by atoms with Crippen LogP contribution in [-0.2, 0) is 9.59 Å². The van der Waals surface area contributed by atoms with Crippen LogP contribution in [0.2, 0.25) is 0 Å². The molecule has 0 saturated carbocycles. The molecule has 0 aromatic carbocycles. The Labute approximate surface area is 96.4 Å². The van der Waals surface area contributed by atoms with Gasteiger partial charge in [0.05, 0.1) is 12.6 Å². The van der Waals surface area contributed by atoms with Gasteiger partial charge in [0.1, 0.15) is 0 Å². The second-order valence-electron chi connectivity index (χ2n) is 4.73. The van der Waals surface area contributed by atoms with E-state index in [2.05, 4.69) is 5.32 Å². The van der Waals surface area contributed by atoms with Gasteiger partial charge in [0.25, 0.3) is 0 Å². The number of carbonyl (C=O) groups is 2. The summed E-state index contributed by atoms with van der Waals surface area (Å²) in [5, 5.41) is 3.14. The molecule has 2 amide bonds. The summed E-state index contributed by atoms with van der Waals surface area (Å²) in [7, 11) is 0. The van der Waals surface area contributed by atoms with Crippen molar-refractivity contribution < 1.29 is 9.59 Å². The van der Waals surface area contributed by atoms with Gasteiger partial charge in [0.2, 0.25) is 11.8 Å². The van der Waals surface area contributed by atoms with Crippen LogP contribution >= 0.6 is 0 Å². The highest BCUT2D eigenvalue weighted by atomic mass is 16.2. The first-order chi connectivity index (χ1) is 7.50. The van der Waals surface area contributed by atoms with Gasteiger partial charge in [-0.15, -0.1) is 0 Å². The van der Waals surface area contributed by atoms with E-state index < -0.39 is 5.91 Å². The zero-order valence-corrected chi connectivity index (χ0v) is 10.0. The second kappa shape index (κ2) is 5.84. The molecule has 1 atom stereocenters. The normalized spacial score (nSPS) is 20.1. The lowest BCUT2D eigenvalue weighted by Gasteiger charge is -2.26. The maximum atomic E-state index is 12.1. The number of carbonyl (C=O) groups excluding carboxylic acids is 2. The van der Waals surface area contributed by atoms with Gasteiger partial charge in [-0.1, -0.05) is 13.8 Å². The fourth-order valence-corrected chi connectivity index (χ4v) is 1.98. The molecule has 0 aromatic rings. The molecule has 5 heteroatoms. The van der Waals surface area contributed by atoms with E-state index in [4.69, 9.17) is 5.73 Å². The summed E-state index contributed by atoms with van der Waals surface area (Å²) in [6.07, 6.45) is 1.87. The Balaban J connectivity index is 2.58. The Kier molecular flexibility index (Phi) is 4.73. The van der Waals surface area contributed by atoms with E-state index in [1.165, 1.54) is 0 Å². The third kappa shape index (κ3) is 3.81. The van der Waals surface area contributed by atoms with Crippen molar-refractivity contribution in [3.8, 4) is 0 Å². The highest BCUT2D eigenvalue weighted by molar-refractivity contribution is 5.87. The summed E-state index contributed by atoms with van der Waals surface area (Å²) >= 11 is 0. The van der Waals surface area contributed by atoms with Crippen LogP contribution in [0.15, 0.2) is 0 Å². The molecule has 1 heterocycles. The molecule has 1 aliphatic rings. The van der Waals surface area contributed by atoms with Crippen molar-refractivity contribution >= 4 is 11.8 Å². The first-order valence-electron chi connectivity index (χ1n) is 5.81. The third-order valence-corrected chi connectivity index (χ3v) is 2.60. The first kappa shape index (κ1) is 13.0. The monoisotopic (exact) mass is 227 g/mol. The molecule has 0 aromatic heterocycles. The summed E-state index contributed by atoms with van der Waals surface area (Å²) in [6, 6.07) is -0.127. The molecule has 0 radical (unpaired) electrons. The van der Waals surface area contributed by atoms with E-state index >= 15 is 0 Å². The predicted octanol–water partition coefficient (Wildman–Crippen LogP) is -0.292. The van der Waals surface area contributed by atoms with Gasteiger partial charge in [-0.3, -0.25) is 9.59 Å². The van der Waals surface area contributed by atoms with Gasteiger partial charge >= 0.3 is 0 Å². The zero-order chi connectivity index (χ0) is 12.1. The number of nitrogens with zero attached hydrogens (tertiary/aromatic N) is 1. The number of rotatable bonds is 5. The Hall–Kier alpha value is -1.10. The largest absolute Gasteiger partial charge is 0.368 e. The number of hydrogen-bond acceptors (Lipinski definition) is 3. The summed E-state index contributed by atoms with van der Waals surface area (Å²) < 4.78 is 0.